The van der Waals surface area contributed by atoms with Crippen LogP contribution in [-0.4, -0.2) is 26.4 Å². The molecule has 0 saturated heterocycles. The highest BCUT2D eigenvalue weighted by molar-refractivity contribution is 7.80. The zero-order valence-corrected chi connectivity index (χ0v) is 10.5. The number of hydrogen-bond donors (Lipinski definition) is 3. The first-order chi connectivity index (χ1) is 7.80. The summed E-state index contributed by atoms with van der Waals surface area (Å²) in [5.41, 5.74) is 10.6. The second-order valence-corrected chi connectivity index (χ2v) is 4.72. The molecule has 92 valence electrons. The van der Waals surface area contributed by atoms with Crippen molar-refractivity contribution in [3.8, 4) is 0 Å². The summed E-state index contributed by atoms with van der Waals surface area (Å²) in [6.45, 7) is 3.66. The number of aromatic nitrogens is 2. The van der Waals surface area contributed by atoms with E-state index in [0.717, 1.165) is 0 Å². The van der Waals surface area contributed by atoms with Crippen LogP contribution < -0.4 is 16.8 Å². The molecule has 0 aromatic carbocycles. The molecule has 0 fully saturated rings. The molecule has 7 heteroatoms. The molecule has 1 aromatic rings. The Bertz CT molecular complexity index is 446. The quantitative estimate of drug-likeness (QED) is 0.646. The number of anilines is 1. The molecule has 6 nitrogen and oxygen atoms in total. The van der Waals surface area contributed by atoms with Crippen molar-refractivity contribution < 1.29 is 4.79 Å². The maximum atomic E-state index is 10.9. The molecule has 1 heterocycles. The second kappa shape index (κ2) is 5.05. The highest BCUT2D eigenvalue weighted by Gasteiger charge is 2.21. The number of thiocarbonyl (C=S) groups is 1. The Balaban J connectivity index is 2.84. The minimum absolute atomic E-state index is 0.174. The summed E-state index contributed by atoms with van der Waals surface area (Å²) < 4.78 is 0. The maximum Gasteiger partial charge on any atom is 0.223 e. The molecule has 5 N–H and O–H groups in total. The molecule has 0 aliphatic heterocycles. The molecular weight excluding hydrogens is 238 g/mol. The summed E-state index contributed by atoms with van der Waals surface area (Å²) in [7, 11) is 0. The zero-order chi connectivity index (χ0) is 13.1. The molecule has 1 aromatic heterocycles. The number of carbonyl (C=O) groups excluding carboxylic acids is 1. The maximum absolute atomic E-state index is 10.9. The average molecular weight is 253 g/mol. The van der Waals surface area contributed by atoms with E-state index in [9.17, 15) is 4.79 Å². The number of rotatable bonds is 5. The van der Waals surface area contributed by atoms with E-state index in [-0.39, 0.29) is 11.4 Å². The van der Waals surface area contributed by atoms with E-state index in [1.807, 2.05) is 13.8 Å². The Hall–Kier alpha value is -1.76. The van der Waals surface area contributed by atoms with Crippen LogP contribution in [0.2, 0.25) is 0 Å². The summed E-state index contributed by atoms with van der Waals surface area (Å²) >= 11 is 4.82. The lowest BCUT2D eigenvalue weighted by molar-refractivity contribution is -0.118. The van der Waals surface area contributed by atoms with Gasteiger partial charge in [0.15, 0.2) is 0 Å². The van der Waals surface area contributed by atoms with Gasteiger partial charge in [-0.3, -0.25) is 4.79 Å². The Morgan fingerprint density at radius 3 is 2.71 bits per heavy atom. The number of nitrogens with zero attached hydrogens (tertiary/aromatic N) is 2. The van der Waals surface area contributed by atoms with Crippen molar-refractivity contribution in [2.45, 2.75) is 25.8 Å². The fraction of sp³-hybridized carbons (Fsp3) is 0.400. The fourth-order valence-electron chi connectivity index (χ4n) is 1.34. The third-order valence-corrected chi connectivity index (χ3v) is 2.18. The Morgan fingerprint density at radius 1 is 1.53 bits per heavy atom. The Labute approximate surface area is 105 Å². The molecule has 0 unspecified atom stereocenters. The number of nitrogens with two attached hydrogens (primary N) is 2. The topological polar surface area (TPSA) is 107 Å². The monoisotopic (exact) mass is 253 g/mol. The third-order valence-electron chi connectivity index (χ3n) is 1.97. The van der Waals surface area contributed by atoms with E-state index < -0.39 is 11.4 Å². The minimum Gasteiger partial charge on any atom is -0.388 e. The lowest BCUT2D eigenvalue weighted by Gasteiger charge is -2.24. The van der Waals surface area contributed by atoms with Gasteiger partial charge in [-0.1, -0.05) is 12.2 Å². The van der Waals surface area contributed by atoms with Crippen LogP contribution in [0, 0.1) is 0 Å². The zero-order valence-electron chi connectivity index (χ0n) is 9.73. The number of amides is 1. The summed E-state index contributed by atoms with van der Waals surface area (Å²) in [6, 6.07) is 1.62. The van der Waals surface area contributed by atoms with E-state index in [2.05, 4.69) is 15.3 Å². The van der Waals surface area contributed by atoms with Crippen molar-refractivity contribution in [2.24, 2.45) is 11.5 Å². The van der Waals surface area contributed by atoms with Crippen LogP contribution in [0.3, 0.4) is 0 Å². The van der Waals surface area contributed by atoms with Gasteiger partial charge in [0.1, 0.15) is 10.7 Å². The first kappa shape index (κ1) is 13.3. The van der Waals surface area contributed by atoms with Gasteiger partial charge in [0.05, 0.1) is 0 Å². The second-order valence-electron chi connectivity index (χ2n) is 4.28. The van der Waals surface area contributed by atoms with Crippen molar-refractivity contribution in [3.63, 3.8) is 0 Å². The van der Waals surface area contributed by atoms with Crippen LogP contribution in [0.4, 0.5) is 5.95 Å². The van der Waals surface area contributed by atoms with Gasteiger partial charge < -0.3 is 16.8 Å². The lowest BCUT2D eigenvalue weighted by Crippen LogP contribution is -2.36. The largest absolute Gasteiger partial charge is 0.388 e. The predicted octanol–water partition coefficient (Wildman–Crippen LogP) is 0.177. The normalized spacial score (nSPS) is 10.9. The Kier molecular flexibility index (Phi) is 3.95. The van der Waals surface area contributed by atoms with Crippen LogP contribution in [0.1, 0.15) is 26.0 Å². The number of nitrogens with one attached hydrogen (secondary N) is 1. The fourth-order valence-corrected chi connectivity index (χ4v) is 1.45. The summed E-state index contributed by atoms with van der Waals surface area (Å²) in [5.74, 6) is -0.0328. The van der Waals surface area contributed by atoms with Crippen LogP contribution in [0.25, 0.3) is 0 Å². The summed E-state index contributed by atoms with van der Waals surface area (Å²) in [5, 5.41) is 3.01. The van der Waals surface area contributed by atoms with E-state index >= 15 is 0 Å². The standard InChI is InChI=1S/C10H15N5OS/c1-10(2,5-7(11)16)15-9-13-4-3-6(14-9)8(12)17/h3-4H,5H2,1-2H3,(H2,11,16)(H2,12,17)(H,13,14,15). The highest BCUT2D eigenvalue weighted by atomic mass is 32.1. The van der Waals surface area contributed by atoms with Crippen LogP contribution >= 0.6 is 12.2 Å². The molecular formula is C10H15N5OS. The Morgan fingerprint density at radius 2 is 2.18 bits per heavy atom. The van der Waals surface area contributed by atoms with Gasteiger partial charge in [-0.05, 0) is 19.9 Å². The average Bonchev–Trinajstić information content (AvgIpc) is 2.14. The van der Waals surface area contributed by atoms with Crippen molar-refractivity contribution in [1.29, 1.82) is 0 Å². The first-order valence-corrected chi connectivity index (χ1v) is 5.40. The minimum atomic E-state index is -0.527. The van der Waals surface area contributed by atoms with Crippen LogP contribution in [-0.2, 0) is 4.79 Å². The van der Waals surface area contributed by atoms with E-state index in [0.29, 0.717) is 11.6 Å². The van der Waals surface area contributed by atoms with Gasteiger partial charge in [0.2, 0.25) is 11.9 Å². The molecule has 0 radical (unpaired) electrons. The molecule has 1 amide bonds. The number of hydrogen-bond acceptors (Lipinski definition) is 5. The van der Waals surface area contributed by atoms with Gasteiger partial charge in [-0.25, -0.2) is 9.97 Å². The molecule has 0 atom stereocenters. The van der Waals surface area contributed by atoms with Gasteiger partial charge in [0.25, 0.3) is 0 Å². The molecule has 0 aliphatic rings. The van der Waals surface area contributed by atoms with Crippen molar-refractivity contribution in [3.05, 3.63) is 18.0 Å². The van der Waals surface area contributed by atoms with Gasteiger partial charge in [-0.15, -0.1) is 0 Å². The number of primary amides is 1. The first-order valence-electron chi connectivity index (χ1n) is 4.99. The summed E-state index contributed by atoms with van der Waals surface area (Å²) in [6.07, 6.45) is 1.72. The predicted molar refractivity (Wildman–Crippen MR) is 69.4 cm³/mol. The lowest BCUT2D eigenvalue weighted by atomic mass is 10.0. The number of carbonyl (C=O) groups is 1. The van der Waals surface area contributed by atoms with Crippen molar-refractivity contribution >= 4 is 29.1 Å². The van der Waals surface area contributed by atoms with Crippen LogP contribution in [0.5, 0.6) is 0 Å². The van der Waals surface area contributed by atoms with Gasteiger partial charge >= 0.3 is 0 Å². The molecule has 17 heavy (non-hydrogen) atoms. The van der Waals surface area contributed by atoms with Crippen molar-refractivity contribution in [2.75, 3.05) is 5.32 Å². The summed E-state index contributed by atoms with van der Waals surface area (Å²) in [4.78, 5) is 19.2. The highest BCUT2D eigenvalue weighted by Crippen LogP contribution is 2.14. The SMILES string of the molecule is CC(C)(CC(N)=O)Nc1nccc(C(N)=S)n1. The molecule has 0 saturated carbocycles. The third kappa shape index (κ3) is 4.31. The van der Waals surface area contributed by atoms with E-state index in [4.69, 9.17) is 23.7 Å². The van der Waals surface area contributed by atoms with E-state index in [1.54, 1.807) is 12.3 Å². The molecule has 0 aliphatic carbocycles. The van der Waals surface area contributed by atoms with Gasteiger partial charge in [0, 0.05) is 18.2 Å². The molecule has 0 spiro atoms. The van der Waals surface area contributed by atoms with Crippen LogP contribution in [0.15, 0.2) is 12.3 Å². The smallest absolute Gasteiger partial charge is 0.223 e. The molecule has 0 bridgehead atoms. The van der Waals surface area contributed by atoms with Gasteiger partial charge in [-0.2, -0.15) is 0 Å². The van der Waals surface area contributed by atoms with E-state index in [1.165, 1.54) is 0 Å². The van der Waals surface area contributed by atoms with Crippen molar-refractivity contribution in [1.82, 2.24) is 9.97 Å². The molecule has 1 rings (SSSR count).